The number of amides is 2. The van der Waals surface area contributed by atoms with E-state index in [1.54, 1.807) is 4.90 Å². The maximum absolute atomic E-state index is 11.7. The molecular weight excluding hydrogens is 238 g/mol. The second kappa shape index (κ2) is 6.54. The summed E-state index contributed by atoms with van der Waals surface area (Å²) in [7, 11) is 0. The number of thiocarbonyl (C=S) groups is 1. The number of hydrogen-bond donors (Lipinski definition) is 2. The summed E-state index contributed by atoms with van der Waals surface area (Å²) in [4.78, 5) is 25.0. The Labute approximate surface area is 107 Å². The standard InChI is InChI=1S/C11H19N3O2S/c1-2-3-8-4-5-14(7-8)11(16)10(15)13-6-9(12)17/h8H,2-7H2,1H3,(H2,12,17)(H,13,15). The number of carbonyl (C=O) groups is 2. The highest BCUT2D eigenvalue weighted by molar-refractivity contribution is 7.80. The molecule has 0 aromatic rings. The van der Waals surface area contributed by atoms with E-state index in [0.717, 1.165) is 19.3 Å². The Balaban J connectivity index is 2.38. The molecule has 17 heavy (non-hydrogen) atoms. The third-order valence-corrected chi connectivity index (χ3v) is 3.03. The minimum Gasteiger partial charge on any atom is -0.392 e. The topological polar surface area (TPSA) is 75.4 Å². The van der Waals surface area contributed by atoms with Crippen molar-refractivity contribution >= 4 is 29.0 Å². The third-order valence-electron chi connectivity index (χ3n) is 2.89. The van der Waals surface area contributed by atoms with E-state index in [2.05, 4.69) is 24.5 Å². The lowest BCUT2D eigenvalue weighted by Crippen LogP contribution is -2.44. The first-order valence-electron chi connectivity index (χ1n) is 5.90. The Kier molecular flexibility index (Phi) is 5.34. The van der Waals surface area contributed by atoms with Crippen LogP contribution in [0.3, 0.4) is 0 Å². The van der Waals surface area contributed by atoms with E-state index < -0.39 is 11.8 Å². The molecule has 5 nitrogen and oxygen atoms in total. The van der Waals surface area contributed by atoms with Crippen LogP contribution in [-0.4, -0.2) is 41.3 Å². The van der Waals surface area contributed by atoms with Crippen LogP contribution in [-0.2, 0) is 9.59 Å². The molecule has 1 aliphatic heterocycles. The predicted octanol–water partition coefficient (Wildman–Crippen LogP) is 0.0373. The van der Waals surface area contributed by atoms with Crippen LogP contribution in [0.2, 0.25) is 0 Å². The molecule has 1 aliphatic rings. The lowest BCUT2D eigenvalue weighted by Gasteiger charge is -2.15. The number of carbonyl (C=O) groups excluding carboxylic acids is 2. The fourth-order valence-electron chi connectivity index (χ4n) is 2.05. The van der Waals surface area contributed by atoms with Gasteiger partial charge >= 0.3 is 11.8 Å². The fourth-order valence-corrected chi connectivity index (χ4v) is 2.12. The molecule has 0 aromatic heterocycles. The van der Waals surface area contributed by atoms with E-state index in [4.69, 9.17) is 5.73 Å². The van der Waals surface area contributed by atoms with Crippen molar-refractivity contribution in [2.45, 2.75) is 26.2 Å². The van der Waals surface area contributed by atoms with Gasteiger partial charge in [0.15, 0.2) is 0 Å². The van der Waals surface area contributed by atoms with Crippen molar-refractivity contribution in [2.24, 2.45) is 11.7 Å². The highest BCUT2D eigenvalue weighted by atomic mass is 32.1. The SMILES string of the molecule is CCCC1CCN(C(=O)C(=O)NCC(N)=S)C1. The van der Waals surface area contributed by atoms with Crippen LogP contribution in [0.25, 0.3) is 0 Å². The van der Waals surface area contributed by atoms with Crippen LogP contribution in [0.5, 0.6) is 0 Å². The first kappa shape index (κ1) is 13.9. The molecular formula is C11H19N3O2S. The molecule has 0 bridgehead atoms. The Morgan fingerprint density at radius 1 is 1.53 bits per heavy atom. The lowest BCUT2D eigenvalue weighted by atomic mass is 10.0. The zero-order valence-electron chi connectivity index (χ0n) is 10.1. The summed E-state index contributed by atoms with van der Waals surface area (Å²) in [6.45, 7) is 3.56. The van der Waals surface area contributed by atoms with Crippen molar-refractivity contribution in [3.05, 3.63) is 0 Å². The van der Waals surface area contributed by atoms with E-state index in [1.807, 2.05) is 0 Å². The third kappa shape index (κ3) is 4.30. The normalized spacial score (nSPS) is 19.1. The number of likely N-dealkylation sites (tertiary alicyclic amines) is 1. The molecule has 1 unspecified atom stereocenters. The monoisotopic (exact) mass is 257 g/mol. The second-order valence-corrected chi connectivity index (χ2v) is 4.87. The first-order chi connectivity index (χ1) is 8.04. The molecule has 1 fully saturated rings. The highest BCUT2D eigenvalue weighted by Gasteiger charge is 2.29. The zero-order chi connectivity index (χ0) is 12.8. The average molecular weight is 257 g/mol. The van der Waals surface area contributed by atoms with Crippen LogP contribution in [0.15, 0.2) is 0 Å². The molecule has 6 heteroatoms. The molecule has 2 amide bonds. The molecule has 1 atom stereocenters. The quantitative estimate of drug-likeness (QED) is 0.551. The van der Waals surface area contributed by atoms with Crippen molar-refractivity contribution in [1.29, 1.82) is 0 Å². The molecule has 0 spiro atoms. The summed E-state index contributed by atoms with van der Waals surface area (Å²) in [5.74, 6) is -0.554. The van der Waals surface area contributed by atoms with Crippen LogP contribution < -0.4 is 11.1 Å². The van der Waals surface area contributed by atoms with Gasteiger partial charge in [0, 0.05) is 13.1 Å². The van der Waals surface area contributed by atoms with Gasteiger partial charge in [-0.2, -0.15) is 0 Å². The van der Waals surface area contributed by atoms with Gasteiger partial charge < -0.3 is 16.0 Å². The van der Waals surface area contributed by atoms with E-state index in [0.29, 0.717) is 19.0 Å². The molecule has 0 saturated carbocycles. The molecule has 3 N–H and O–H groups in total. The van der Waals surface area contributed by atoms with Crippen LogP contribution in [0.4, 0.5) is 0 Å². The number of hydrogen-bond acceptors (Lipinski definition) is 3. The molecule has 96 valence electrons. The van der Waals surface area contributed by atoms with Crippen molar-refractivity contribution < 1.29 is 9.59 Å². The Bertz CT molecular complexity index is 320. The van der Waals surface area contributed by atoms with E-state index in [9.17, 15) is 9.59 Å². The smallest absolute Gasteiger partial charge is 0.311 e. The fraction of sp³-hybridized carbons (Fsp3) is 0.727. The maximum atomic E-state index is 11.7. The largest absolute Gasteiger partial charge is 0.392 e. The van der Waals surface area contributed by atoms with Gasteiger partial charge in [0.05, 0.1) is 11.5 Å². The summed E-state index contributed by atoms with van der Waals surface area (Å²) in [5, 5.41) is 2.41. The number of nitrogens with two attached hydrogens (primary N) is 1. The van der Waals surface area contributed by atoms with E-state index in [-0.39, 0.29) is 11.5 Å². The van der Waals surface area contributed by atoms with Gasteiger partial charge in [0.2, 0.25) is 0 Å². The maximum Gasteiger partial charge on any atom is 0.311 e. The number of rotatable bonds is 4. The van der Waals surface area contributed by atoms with Crippen molar-refractivity contribution in [2.75, 3.05) is 19.6 Å². The van der Waals surface area contributed by atoms with Gasteiger partial charge in [-0.05, 0) is 18.8 Å². The Morgan fingerprint density at radius 2 is 2.24 bits per heavy atom. The van der Waals surface area contributed by atoms with Gasteiger partial charge in [-0.3, -0.25) is 9.59 Å². The van der Waals surface area contributed by atoms with Crippen LogP contribution in [0.1, 0.15) is 26.2 Å². The van der Waals surface area contributed by atoms with Crippen molar-refractivity contribution in [3.8, 4) is 0 Å². The minimum absolute atomic E-state index is 0.0755. The predicted molar refractivity (Wildman–Crippen MR) is 69.4 cm³/mol. The van der Waals surface area contributed by atoms with Crippen molar-refractivity contribution in [3.63, 3.8) is 0 Å². The summed E-state index contributed by atoms with van der Waals surface area (Å²) in [6.07, 6.45) is 3.21. The summed E-state index contributed by atoms with van der Waals surface area (Å²) < 4.78 is 0. The Morgan fingerprint density at radius 3 is 2.82 bits per heavy atom. The molecule has 0 radical (unpaired) electrons. The molecule has 0 aliphatic carbocycles. The van der Waals surface area contributed by atoms with E-state index >= 15 is 0 Å². The summed E-state index contributed by atoms with van der Waals surface area (Å²) in [6, 6.07) is 0. The molecule has 1 heterocycles. The van der Waals surface area contributed by atoms with Crippen LogP contribution in [0, 0.1) is 5.92 Å². The second-order valence-electron chi connectivity index (χ2n) is 4.34. The van der Waals surface area contributed by atoms with Gasteiger partial charge in [0.1, 0.15) is 0 Å². The number of nitrogens with one attached hydrogen (secondary N) is 1. The van der Waals surface area contributed by atoms with Crippen molar-refractivity contribution in [1.82, 2.24) is 10.2 Å². The molecule has 0 aromatic carbocycles. The van der Waals surface area contributed by atoms with E-state index in [1.165, 1.54) is 0 Å². The summed E-state index contributed by atoms with van der Waals surface area (Å²) in [5.41, 5.74) is 5.25. The van der Waals surface area contributed by atoms with Gasteiger partial charge in [-0.25, -0.2) is 0 Å². The van der Waals surface area contributed by atoms with Crippen LogP contribution >= 0.6 is 12.2 Å². The lowest BCUT2D eigenvalue weighted by molar-refractivity contribution is -0.145. The zero-order valence-corrected chi connectivity index (χ0v) is 10.9. The average Bonchev–Trinajstić information content (AvgIpc) is 2.74. The minimum atomic E-state index is -0.616. The summed E-state index contributed by atoms with van der Waals surface area (Å²) >= 11 is 4.63. The Hall–Kier alpha value is -1.17. The molecule has 1 rings (SSSR count). The molecule has 1 saturated heterocycles. The number of nitrogens with zero attached hydrogens (tertiary/aromatic N) is 1. The van der Waals surface area contributed by atoms with Gasteiger partial charge in [0.25, 0.3) is 0 Å². The van der Waals surface area contributed by atoms with Gasteiger partial charge in [-0.15, -0.1) is 0 Å². The first-order valence-corrected chi connectivity index (χ1v) is 6.30. The highest BCUT2D eigenvalue weighted by Crippen LogP contribution is 2.20. The van der Waals surface area contributed by atoms with Gasteiger partial charge in [-0.1, -0.05) is 25.6 Å².